The van der Waals surface area contributed by atoms with Crippen LogP contribution in [0.4, 0.5) is 0 Å². The summed E-state index contributed by atoms with van der Waals surface area (Å²) in [5.74, 6) is -23.9. The Morgan fingerprint density at radius 3 is 1.52 bits per heavy atom. The topological polar surface area (TPSA) is 682 Å². The number of nitrogens with zero attached hydrogens (tertiary/aromatic N) is 5. The zero-order valence-corrected chi connectivity index (χ0v) is 81.0. The highest BCUT2D eigenvalue weighted by Gasteiger charge is 2.44. The Bertz CT molecular complexity index is 5310. The highest BCUT2D eigenvalue weighted by Crippen LogP contribution is 2.27. The lowest BCUT2D eigenvalue weighted by molar-refractivity contribution is -0.192. The first-order valence-corrected chi connectivity index (χ1v) is 52.1. The number of H-pyrrole nitrogens is 2. The van der Waals surface area contributed by atoms with Gasteiger partial charge in [-0.2, -0.15) is 57.8 Å². The second-order valence-electron chi connectivity index (χ2n) is 33.5. The number of rotatable bonds is 19. The number of aromatic amines is 2. The van der Waals surface area contributed by atoms with Gasteiger partial charge in [-0.25, -0.2) is 25.3 Å². The first-order chi connectivity index (χ1) is 63.7. The van der Waals surface area contributed by atoms with E-state index < -0.39 is 321 Å². The third kappa shape index (κ3) is 33.1. The molecule has 46 nitrogen and oxygen atoms in total. The first-order valence-electron chi connectivity index (χ1n) is 43.8. The van der Waals surface area contributed by atoms with Gasteiger partial charge in [0.1, 0.15) is 60.4 Å². The van der Waals surface area contributed by atoms with Crippen molar-refractivity contribution >= 4 is 188 Å². The zero-order valence-electron chi connectivity index (χ0n) is 76.1. The number of primary amides is 1. The van der Waals surface area contributed by atoms with Crippen molar-refractivity contribution in [1.29, 1.82) is 0 Å². The normalized spacial score (nSPS) is 26.5. The van der Waals surface area contributed by atoms with Gasteiger partial charge >= 0.3 is 12.1 Å². The van der Waals surface area contributed by atoms with Crippen LogP contribution in [0.2, 0.25) is 0 Å². The second kappa shape index (κ2) is 52.6. The molecule has 19 N–H and O–H groups in total. The number of aliphatic hydroxyl groups excluding tert-OH is 1. The van der Waals surface area contributed by atoms with Crippen molar-refractivity contribution in [3.05, 3.63) is 72.1 Å². The van der Waals surface area contributed by atoms with Crippen molar-refractivity contribution in [3.63, 3.8) is 0 Å². The van der Waals surface area contributed by atoms with Crippen molar-refractivity contribution in [2.24, 2.45) is 29.2 Å². The van der Waals surface area contributed by atoms with Gasteiger partial charge in [0, 0.05) is 154 Å². The molecule has 4 bridgehead atoms. The number of aliphatic carboxylic acids is 1. The Hall–Kier alpha value is -10.7. The number of carbonyl (C=O) groups excluding carboxylic acids is 17. The molecule has 0 aliphatic carbocycles. The summed E-state index contributed by atoms with van der Waals surface area (Å²) >= 11 is 2.46. The predicted molar refractivity (Wildman–Crippen MR) is 497 cm³/mol. The number of fused-ring (bicyclic) bond motifs is 12. The maximum Gasteiger partial charge on any atom is 0.373 e. The number of sulfonamides is 3. The van der Waals surface area contributed by atoms with Gasteiger partial charge in [-0.15, -0.1) is 0 Å². The number of hydrogen-bond donors (Lipinski definition) is 17. The Morgan fingerprint density at radius 1 is 0.556 bits per heavy atom. The fourth-order valence-electron chi connectivity index (χ4n) is 15.1. The van der Waals surface area contributed by atoms with Gasteiger partial charge in [-0.1, -0.05) is 71.0 Å². The molecule has 4 aliphatic heterocycles. The average molecular weight is 2010 g/mol. The molecule has 0 spiro atoms. The number of aromatic nitrogens is 2. The molecule has 2 aromatic carbocycles. The third-order valence-electron chi connectivity index (χ3n) is 22.8. The lowest BCUT2D eigenvalue weighted by Crippen LogP contribution is -2.61. The summed E-state index contributed by atoms with van der Waals surface area (Å²) in [6, 6.07) is -4.01. The van der Waals surface area contributed by atoms with Crippen LogP contribution < -0.4 is 70.0 Å². The summed E-state index contributed by atoms with van der Waals surface area (Å²) in [5, 5.41) is 50.5. The molecule has 135 heavy (non-hydrogen) atoms. The molecule has 6 heterocycles. The van der Waals surface area contributed by atoms with Crippen molar-refractivity contribution in [2.45, 2.75) is 172 Å². The number of likely N-dealkylation sites (N-methyl/N-ethyl adjacent to an activating group) is 1. The van der Waals surface area contributed by atoms with Crippen molar-refractivity contribution in [1.82, 2.24) is 91.2 Å². The number of thioether (sulfide) groups is 3. The fraction of sp³-hybridized carbons (Fsp3) is 0.602. The van der Waals surface area contributed by atoms with E-state index >= 15 is 9.59 Å². The number of ketones is 1. The number of Topliss-reactive ketones (excluding diaryl/α,β-unsaturated/α-hetero) is 1. The van der Waals surface area contributed by atoms with E-state index in [2.05, 4.69) is 68.5 Å². The van der Waals surface area contributed by atoms with Crippen LogP contribution in [0.5, 0.6) is 0 Å². The van der Waals surface area contributed by atoms with Crippen LogP contribution in [0.1, 0.15) is 98.1 Å². The smallest absolute Gasteiger partial charge is 0.373 e. The molecular formula is C83H122N20O26S6. The van der Waals surface area contributed by atoms with Gasteiger partial charge in [-0.05, 0) is 68.2 Å². The number of carboxylic acid groups (broad SMARTS) is 1. The van der Waals surface area contributed by atoms with E-state index in [4.69, 9.17) is 21.1 Å². The van der Waals surface area contributed by atoms with E-state index in [1.807, 2.05) is 0 Å². The van der Waals surface area contributed by atoms with E-state index in [-0.39, 0.29) is 68.6 Å². The molecule has 4 aliphatic rings. The van der Waals surface area contributed by atoms with Crippen molar-refractivity contribution in [3.8, 4) is 0 Å². The quantitative estimate of drug-likeness (QED) is 0.0416. The molecule has 0 saturated carbocycles. The standard InChI is InChI=1S/C82H122N20O24S6.CO2/c1-9-55-75(113)94-62-45-129-31-34-132(125,126)101-26-24-99(130(121,122)32-29-127-43-52(73(111)97-71(49(7)103)81(119)90-55)37-64(104)48(6)88-66(106)42-98(8)67(107)20-21-83)23-25-100(27-28-101)131(123,124)33-30-128-44-61(72(84)110)93-79(117)63-19-14-22-102(63)82(120)70(47(4)5)96-76(114)58(35-50-39-85-56-17-12-10-15-53(50)56)89-65(105)41-87-74(112)60(38-68(108)109)92-80(118)69(46(2)3)95-77(115)59(91-78(62)116)36-51-40-86-57-18-13-11-16-54(51)57;2-1-3/h10-13,15-18,39-40,46-49,52,55,58-63,69-71,85-86,103H,9,14,19-38,41-45,83H2,1-8H3,(H2,84,110)(H,87,112)(H,88,106)(H,89,105)(H,90,119)(H,91,116)(H,92,118)(H,93,117)(H,94,113)(H,95,115)(H,96,114)(H,97,111)(H,108,109);/t48-,49+,52-,55-,58-,59-,60-,61-,62-,63-,69-,70-,71-;/m0./s1. The minimum Gasteiger partial charge on any atom is -0.481 e. The van der Waals surface area contributed by atoms with Crippen molar-refractivity contribution in [2.75, 3.05) is 124 Å². The molecule has 8 rings (SSSR count). The highest BCUT2D eigenvalue weighted by molar-refractivity contribution is 8.01. The number of amides is 14. The summed E-state index contributed by atoms with van der Waals surface area (Å²) in [6.45, 7) is 5.18. The third-order valence-corrected chi connectivity index (χ3v) is 32.4. The lowest BCUT2D eigenvalue weighted by atomic mass is 9.98. The maximum absolute atomic E-state index is 15.4. The van der Waals surface area contributed by atoms with Crippen LogP contribution in [-0.4, -0.2) is 366 Å². The molecular weight excluding hydrogens is 1890 g/mol. The number of nitrogens with two attached hydrogens (primary N) is 2. The number of hydrogen-bond acceptors (Lipinski definition) is 29. The predicted octanol–water partition coefficient (Wildman–Crippen LogP) is -5.59. The summed E-state index contributed by atoms with van der Waals surface area (Å²) < 4.78 is 91.6. The summed E-state index contributed by atoms with van der Waals surface area (Å²) in [5.41, 5.74) is 13.5. The van der Waals surface area contributed by atoms with E-state index in [1.165, 1.54) is 45.8 Å². The van der Waals surface area contributed by atoms with Gasteiger partial charge < -0.3 is 99.9 Å². The number of para-hydroxylation sites is 2. The molecule has 746 valence electrons. The summed E-state index contributed by atoms with van der Waals surface area (Å²) in [7, 11) is -12.4. The van der Waals surface area contributed by atoms with Gasteiger partial charge in [0.15, 0.2) is 5.78 Å². The molecule has 16 atom stereocenters. The molecule has 4 saturated heterocycles. The van der Waals surface area contributed by atoms with E-state index in [9.17, 15) is 103 Å². The zero-order chi connectivity index (χ0) is 99.9. The van der Waals surface area contributed by atoms with E-state index in [1.54, 1.807) is 68.6 Å². The monoisotopic (exact) mass is 2010 g/mol. The molecule has 14 amide bonds. The molecule has 4 aromatic rings. The average Bonchev–Trinajstić information content (AvgIpc) is 1.71. The van der Waals surface area contributed by atoms with Gasteiger partial charge in [0.25, 0.3) is 0 Å². The SMILES string of the molecule is CC[C@@H]1NC(=O)[C@H]([C@@H](C)O)NC(=O)[C@@H](CC(=O)[C@H](C)NC(=O)CN(C)C(=O)CCN)CSCCS(=O)(=O)N2CCN3CCN(CC2)S(=O)(=O)CCSC[C@H](NC1=O)C(=O)N[C@@H](Cc1c[nH]c2ccccc12)C(=O)N[C@@H](C(C)C)C(=O)N[C@@H](CC(=O)O)C(=O)NCC(=O)N[C@@H](Cc1c[nH]c2ccccc12)C(=O)N[C@@H](C(C)C)C(=O)N1CCC[C@H]1C(=O)N[C@H](C(N)=O)CSCCS3(=O)=O.O=C=O. The van der Waals surface area contributed by atoms with Crippen LogP contribution in [0.3, 0.4) is 0 Å². The van der Waals surface area contributed by atoms with Crippen LogP contribution >= 0.6 is 35.3 Å². The molecule has 4 fully saturated rings. The van der Waals surface area contributed by atoms with Crippen molar-refractivity contribution < 1.29 is 122 Å². The number of carbonyl (C=O) groups is 16. The number of aliphatic hydroxyl groups is 1. The largest absolute Gasteiger partial charge is 0.481 e. The fourth-order valence-corrected chi connectivity index (χ4v) is 24.0. The van der Waals surface area contributed by atoms with Gasteiger partial charge in [0.2, 0.25) is 113 Å². The van der Waals surface area contributed by atoms with Gasteiger partial charge in [-0.3, -0.25) is 76.7 Å². The summed E-state index contributed by atoms with van der Waals surface area (Å²) in [6.07, 6.45) is -0.875. The molecule has 3 unspecified atom stereocenters. The van der Waals surface area contributed by atoms with Crippen LogP contribution in [-0.2, 0) is 129 Å². The minimum atomic E-state index is -4.62. The van der Waals surface area contributed by atoms with E-state index in [0.29, 0.717) is 32.9 Å². The Morgan fingerprint density at radius 2 is 1.02 bits per heavy atom. The summed E-state index contributed by atoms with van der Waals surface area (Å²) in [4.78, 5) is 252. The molecule has 0 radical (unpaired) electrons. The number of nitrogens with one attached hydrogen (secondary N) is 13. The Kier molecular flexibility index (Phi) is 43.4. The molecule has 52 heteroatoms. The Balaban J connectivity index is 0.00000817. The first kappa shape index (κ1) is 111. The minimum absolute atomic E-state index is 0.0115. The van der Waals surface area contributed by atoms with Crippen LogP contribution in [0.25, 0.3) is 21.8 Å². The van der Waals surface area contributed by atoms with Crippen LogP contribution in [0, 0.1) is 17.8 Å². The Labute approximate surface area is 793 Å². The maximum atomic E-state index is 15.4. The van der Waals surface area contributed by atoms with Gasteiger partial charge in [0.05, 0.1) is 54.8 Å². The van der Waals surface area contributed by atoms with Crippen LogP contribution in [0.15, 0.2) is 60.9 Å². The number of benzene rings is 2. The molecule has 2 aromatic heterocycles. The van der Waals surface area contributed by atoms with E-state index in [0.717, 1.165) is 60.0 Å². The lowest BCUT2D eigenvalue weighted by Gasteiger charge is -2.32. The second-order valence-corrected chi connectivity index (χ2v) is 43.2. The highest BCUT2D eigenvalue weighted by atomic mass is 32.2. The number of carboxylic acids is 1.